The summed E-state index contributed by atoms with van der Waals surface area (Å²) in [6, 6.07) is 10.4. The lowest BCUT2D eigenvalue weighted by atomic mass is 10.2. The molecule has 0 aliphatic carbocycles. The molecule has 7 heteroatoms. The zero-order valence-electron chi connectivity index (χ0n) is 12.6. The molecule has 0 fully saturated rings. The molecule has 0 heterocycles. The van der Waals surface area contributed by atoms with E-state index in [0.29, 0.717) is 22.9 Å². The Bertz CT molecular complexity index is 713. The van der Waals surface area contributed by atoms with Gasteiger partial charge in [-0.05, 0) is 36.4 Å². The number of hydrogen-bond donors (Lipinski definition) is 3. The molecule has 3 N–H and O–H groups in total. The van der Waals surface area contributed by atoms with Crippen LogP contribution in [0, 0.1) is 0 Å². The number of amides is 2. The highest BCUT2D eigenvalue weighted by Gasteiger charge is 2.10. The molecule has 0 bridgehead atoms. The van der Waals surface area contributed by atoms with Crippen molar-refractivity contribution in [1.82, 2.24) is 0 Å². The first-order valence-electron chi connectivity index (χ1n) is 6.67. The van der Waals surface area contributed by atoms with Gasteiger partial charge in [-0.3, -0.25) is 0 Å². The molecule has 120 valence electrons. The summed E-state index contributed by atoms with van der Waals surface area (Å²) in [5, 5.41) is 14.1. The Balaban J connectivity index is 2.08. The first kappa shape index (κ1) is 16.2. The number of urea groups is 1. The maximum absolute atomic E-state index is 12.0. The monoisotopic (exact) mass is 316 g/mol. The van der Waals surface area contributed by atoms with E-state index in [0.717, 1.165) is 0 Å². The van der Waals surface area contributed by atoms with Crippen molar-refractivity contribution in [2.45, 2.75) is 0 Å². The molecule has 23 heavy (non-hydrogen) atoms. The minimum atomic E-state index is -1.03. The first-order chi connectivity index (χ1) is 11.0. The molecule has 0 unspecified atom stereocenters. The number of aromatic carboxylic acids is 1. The van der Waals surface area contributed by atoms with E-state index in [9.17, 15) is 9.59 Å². The summed E-state index contributed by atoms with van der Waals surface area (Å²) in [4.78, 5) is 22.8. The summed E-state index contributed by atoms with van der Waals surface area (Å²) in [5.41, 5.74) is 1.06. The summed E-state index contributed by atoms with van der Waals surface area (Å²) < 4.78 is 10.3. The molecule has 2 aromatic carbocycles. The predicted molar refractivity (Wildman–Crippen MR) is 85.6 cm³/mol. The number of carbonyl (C=O) groups is 2. The molecule has 0 aromatic heterocycles. The fraction of sp³-hybridized carbons (Fsp3) is 0.125. The van der Waals surface area contributed by atoms with Gasteiger partial charge < -0.3 is 25.2 Å². The van der Waals surface area contributed by atoms with Crippen LogP contribution >= 0.6 is 0 Å². The highest BCUT2D eigenvalue weighted by molar-refractivity contribution is 6.01. The van der Waals surface area contributed by atoms with Crippen LogP contribution in [0.2, 0.25) is 0 Å². The molecule has 2 aromatic rings. The lowest BCUT2D eigenvalue weighted by Gasteiger charge is -2.12. The van der Waals surface area contributed by atoms with Crippen LogP contribution in [0.5, 0.6) is 11.5 Å². The van der Waals surface area contributed by atoms with Gasteiger partial charge in [0.25, 0.3) is 0 Å². The van der Waals surface area contributed by atoms with Gasteiger partial charge in [-0.2, -0.15) is 0 Å². The summed E-state index contributed by atoms with van der Waals surface area (Å²) in [7, 11) is 3.02. The number of nitrogens with one attached hydrogen (secondary N) is 2. The number of benzene rings is 2. The van der Waals surface area contributed by atoms with Crippen molar-refractivity contribution in [2.75, 3.05) is 24.9 Å². The summed E-state index contributed by atoms with van der Waals surface area (Å²) in [6.45, 7) is 0. The van der Waals surface area contributed by atoms with Gasteiger partial charge in [0.2, 0.25) is 0 Å². The maximum Gasteiger partial charge on any atom is 0.335 e. The molecule has 2 amide bonds. The minimum absolute atomic E-state index is 0.144. The Hall–Kier alpha value is -3.22. The number of anilines is 2. The SMILES string of the molecule is COc1ccc(OC)c(NC(=O)Nc2ccc(C(=O)O)cc2)c1. The highest BCUT2D eigenvalue weighted by Crippen LogP contribution is 2.29. The van der Waals surface area contributed by atoms with Crippen LogP contribution in [0.15, 0.2) is 42.5 Å². The largest absolute Gasteiger partial charge is 0.497 e. The van der Waals surface area contributed by atoms with E-state index in [4.69, 9.17) is 14.6 Å². The fourth-order valence-electron chi connectivity index (χ4n) is 1.89. The first-order valence-corrected chi connectivity index (χ1v) is 6.67. The minimum Gasteiger partial charge on any atom is -0.497 e. The normalized spacial score (nSPS) is 9.83. The second-order valence-electron chi connectivity index (χ2n) is 4.53. The van der Waals surface area contributed by atoms with Gasteiger partial charge in [0, 0.05) is 11.8 Å². The van der Waals surface area contributed by atoms with Crippen LogP contribution in [-0.4, -0.2) is 31.3 Å². The molecule has 0 radical (unpaired) electrons. The van der Waals surface area contributed by atoms with Crippen LogP contribution < -0.4 is 20.1 Å². The zero-order valence-corrected chi connectivity index (χ0v) is 12.6. The third-order valence-electron chi connectivity index (χ3n) is 3.04. The summed E-state index contributed by atoms with van der Waals surface area (Å²) in [6.07, 6.45) is 0. The van der Waals surface area contributed by atoms with Gasteiger partial charge in [0.15, 0.2) is 0 Å². The molecular weight excluding hydrogens is 300 g/mol. The molecule has 7 nitrogen and oxygen atoms in total. The van der Waals surface area contributed by atoms with Gasteiger partial charge in [-0.15, -0.1) is 0 Å². The number of carbonyl (C=O) groups excluding carboxylic acids is 1. The fourth-order valence-corrected chi connectivity index (χ4v) is 1.89. The van der Waals surface area contributed by atoms with Gasteiger partial charge >= 0.3 is 12.0 Å². The molecule has 0 atom stereocenters. The van der Waals surface area contributed by atoms with E-state index < -0.39 is 12.0 Å². The second kappa shape index (κ2) is 7.17. The Morgan fingerprint density at radius 1 is 0.957 bits per heavy atom. The maximum atomic E-state index is 12.0. The van der Waals surface area contributed by atoms with Crippen molar-refractivity contribution < 1.29 is 24.2 Å². The Labute approximate surface area is 132 Å². The number of carboxylic acid groups (broad SMARTS) is 1. The van der Waals surface area contributed by atoms with Crippen molar-refractivity contribution in [3.8, 4) is 11.5 Å². The average Bonchev–Trinajstić information content (AvgIpc) is 2.55. The van der Waals surface area contributed by atoms with E-state index in [1.165, 1.54) is 38.5 Å². The van der Waals surface area contributed by atoms with E-state index in [1.54, 1.807) is 18.2 Å². The van der Waals surface area contributed by atoms with E-state index in [-0.39, 0.29) is 5.56 Å². The van der Waals surface area contributed by atoms with E-state index in [1.807, 2.05) is 0 Å². The van der Waals surface area contributed by atoms with Gasteiger partial charge in [-0.25, -0.2) is 9.59 Å². The topological polar surface area (TPSA) is 96.9 Å². The molecule has 0 aliphatic heterocycles. The predicted octanol–water partition coefficient (Wildman–Crippen LogP) is 3.05. The van der Waals surface area contributed by atoms with E-state index >= 15 is 0 Å². The Kier molecular flexibility index (Phi) is 5.03. The lowest BCUT2D eigenvalue weighted by molar-refractivity contribution is 0.0697. The van der Waals surface area contributed by atoms with Crippen molar-refractivity contribution >= 4 is 23.4 Å². The third-order valence-corrected chi connectivity index (χ3v) is 3.04. The highest BCUT2D eigenvalue weighted by atomic mass is 16.5. The molecule has 0 spiro atoms. The number of rotatable bonds is 5. The number of carboxylic acids is 1. The van der Waals surface area contributed by atoms with Crippen LogP contribution in [0.25, 0.3) is 0 Å². The Morgan fingerprint density at radius 2 is 1.65 bits per heavy atom. The van der Waals surface area contributed by atoms with Crippen LogP contribution in [0.1, 0.15) is 10.4 Å². The van der Waals surface area contributed by atoms with Crippen LogP contribution in [-0.2, 0) is 0 Å². The average molecular weight is 316 g/mol. The number of methoxy groups -OCH3 is 2. The third kappa shape index (κ3) is 4.13. The summed E-state index contributed by atoms with van der Waals surface area (Å²) >= 11 is 0. The molecule has 0 saturated carbocycles. The Morgan fingerprint density at radius 3 is 2.22 bits per heavy atom. The standard InChI is InChI=1S/C16H16N2O5/c1-22-12-7-8-14(23-2)13(9-12)18-16(21)17-11-5-3-10(4-6-11)15(19)20/h3-9H,1-2H3,(H,19,20)(H2,17,18,21). The van der Waals surface area contributed by atoms with Crippen molar-refractivity contribution in [3.63, 3.8) is 0 Å². The molecule has 2 rings (SSSR count). The molecule has 0 aliphatic rings. The van der Waals surface area contributed by atoms with Crippen LogP contribution in [0.4, 0.5) is 16.2 Å². The smallest absolute Gasteiger partial charge is 0.335 e. The quantitative estimate of drug-likeness (QED) is 0.787. The van der Waals surface area contributed by atoms with Crippen molar-refractivity contribution in [3.05, 3.63) is 48.0 Å². The van der Waals surface area contributed by atoms with Gasteiger partial charge in [0.1, 0.15) is 11.5 Å². The van der Waals surface area contributed by atoms with Crippen LogP contribution in [0.3, 0.4) is 0 Å². The molecular formula is C16H16N2O5. The number of hydrogen-bond acceptors (Lipinski definition) is 4. The van der Waals surface area contributed by atoms with Crippen molar-refractivity contribution in [1.29, 1.82) is 0 Å². The number of ether oxygens (including phenoxy) is 2. The zero-order chi connectivity index (χ0) is 16.8. The second-order valence-corrected chi connectivity index (χ2v) is 4.53. The van der Waals surface area contributed by atoms with Crippen molar-refractivity contribution in [2.24, 2.45) is 0 Å². The molecule has 0 saturated heterocycles. The van der Waals surface area contributed by atoms with E-state index in [2.05, 4.69) is 10.6 Å². The summed E-state index contributed by atoms with van der Waals surface area (Å²) in [5.74, 6) is 0.0382. The van der Waals surface area contributed by atoms with Gasteiger partial charge in [-0.1, -0.05) is 0 Å². The lowest BCUT2D eigenvalue weighted by Crippen LogP contribution is -2.19. The van der Waals surface area contributed by atoms with Gasteiger partial charge in [0.05, 0.1) is 25.5 Å².